The maximum Gasteiger partial charge on any atom is 0.344 e. The average molecular weight is 418 g/mol. The van der Waals surface area contributed by atoms with Crippen molar-refractivity contribution in [2.75, 3.05) is 6.61 Å². The summed E-state index contributed by atoms with van der Waals surface area (Å²) < 4.78 is 10.2. The van der Waals surface area contributed by atoms with E-state index in [1.165, 1.54) is 12.1 Å². The Morgan fingerprint density at radius 3 is 2.37 bits per heavy atom. The van der Waals surface area contributed by atoms with Crippen LogP contribution in [-0.2, 0) is 9.47 Å². The molecular weight excluding hydrogens is 396 g/mol. The van der Waals surface area contributed by atoms with E-state index < -0.39 is 49.0 Å². The van der Waals surface area contributed by atoms with Crippen LogP contribution in [0.2, 0.25) is 0 Å². The van der Waals surface area contributed by atoms with Gasteiger partial charge in [0.05, 0.1) is 6.61 Å². The normalized spacial score (nSPS) is 26.6. The third-order valence-corrected chi connectivity index (χ3v) is 4.66. The third-order valence-electron chi connectivity index (χ3n) is 4.66. The highest BCUT2D eigenvalue weighted by Gasteiger charge is 2.45. The molecule has 0 spiro atoms. The molecule has 0 aliphatic carbocycles. The first-order chi connectivity index (χ1) is 14.3. The van der Waals surface area contributed by atoms with Crippen molar-refractivity contribution in [3.8, 4) is 11.5 Å². The molecule has 160 valence electrons. The first-order valence-corrected chi connectivity index (χ1v) is 9.12. The van der Waals surface area contributed by atoms with Crippen LogP contribution in [0.4, 0.5) is 0 Å². The van der Waals surface area contributed by atoms with Crippen molar-refractivity contribution in [2.45, 2.75) is 30.7 Å². The van der Waals surface area contributed by atoms with Gasteiger partial charge in [0.1, 0.15) is 41.5 Å². The summed E-state index contributed by atoms with van der Waals surface area (Å²) in [6.45, 7) is -0.686. The highest BCUT2D eigenvalue weighted by atomic mass is 16.7. The molecule has 0 aromatic heterocycles. The molecule has 0 radical (unpaired) electrons. The van der Waals surface area contributed by atoms with E-state index in [1.807, 2.05) is 30.3 Å². The Morgan fingerprint density at radius 2 is 1.70 bits per heavy atom. The Hall–Kier alpha value is -2.95. The Bertz CT molecular complexity index is 910. The van der Waals surface area contributed by atoms with Gasteiger partial charge in [-0.05, 0) is 17.2 Å². The zero-order chi connectivity index (χ0) is 21.8. The number of aliphatic hydroxyl groups excluding tert-OH is 4. The summed E-state index contributed by atoms with van der Waals surface area (Å²) in [5.74, 6) is -1.97. The number of rotatable bonds is 5. The summed E-state index contributed by atoms with van der Waals surface area (Å²) in [5, 5.41) is 58.9. The van der Waals surface area contributed by atoms with Crippen LogP contribution < -0.4 is 0 Å². The Balaban J connectivity index is 1.87. The number of aliphatic hydroxyl groups is 4. The quantitative estimate of drug-likeness (QED) is 0.295. The molecule has 30 heavy (non-hydrogen) atoms. The number of esters is 1. The highest BCUT2D eigenvalue weighted by molar-refractivity contribution is 5.98. The number of phenols is 2. The lowest BCUT2D eigenvalue weighted by Crippen LogP contribution is -2.59. The van der Waals surface area contributed by atoms with Crippen LogP contribution in [0.1, 0.15) is 21.5 Å². The second-order valence-electron chi connectivity index (χ2n) is 6.78. The highest BCUT2D eigenvalue weighted by Crippen LogP contribution is 2.31. The summed E-state index contributed by atoms with van der Waals surface area (Å²) in [6, 6.07) is 11.3. The molecule has 0 saturated carbocycles. The van der Waals surface area contributed by atoms with Gasteiger partial charge < -0.3 is 40.1 Å². The van der Waals surface area contributed by atoms with Crippen LogP contribution in [0.5, 0.6) is 11.5 Å². The van der Waals surface area contributed by atoms with E-state index in [1.54, 1.807) is 6.08 Å². The number of hydrogen-bond donors (Lipinski definition) is 6. The van der Waals surface area contributed by atoms with Crippen molar-refractivity contribution < 1.29 is 44.9 Å². The van der Waals surface area contributed by atoms with Gasteiger partial charge in [0.2, 0.25) is 6.29 Å². The van der Waals surface area contributed by atoms with Gasteiger partial charge in [0, 0.05) is 6.07 Å². The minimum absolute atomic E-state index is 0.131. The molecule has 9 nitrogen and oxygen atoms in total. The summed E-state index contributed by atoms with van der Waals surface area (Å²) in [5.41, 5.74) is 0.622. The topological polar surface area (TPSA) is 157 Å². The summed E-state index contributed by atoms with van der Waals surface area (Å²) in [7, 11) is 0. The van der Waals surface area contributed by atoms with E-state index in [2.05, 4.69) is 0 Å². The fourth-order valence-corrected chi connectivity index (χ4v) is 3.07. The van der Waals surface area contributed by atoms with Crippen LogP contribution in [0, 0.1) is 0 Å². The Morgan fingerprint density at radius 1 is 1.00 bits per heavy atom. The zero-order valence-corrected chi connectivity index (χ0v) is 15.7. The maximum absolute atomic E-state index is 12.7. The average Bonchev–Trinajstić information content (AvgIpc) is 2.72. The van der Waals surface area contributed by atoms with Crippen LogP contribution in [0.25, 0.3) is 12.2 Å². The fourth-order valence-electron chi connectivity index (χ4n) is 3.07. The number of aromatic hydroxyl groups is 2. The molecule has 1 aliphatic rings. The number of ether oxygens (including phenoxy) is 2. The summed E-state index contributed by atoms with van der Waals surface area (Å²) in [6.07, 6.45) is -4.93. The van der Waals surface area contributed by atoms with Crippen molar-refractivity contribution in [3.05, 3.63) is 59.2 Å². The lowest BCUT2D eigenvalue weighted by molar-refractivity contribution is -0.285. The van der Waals surface area contributed by atoms with Gasteiger partial charge in [0.15, 0.2) is 0 Å². The van der Waals surface area contributed by atoms with E-state index in [4.69, 9.17) is 9.47 Å². The molecule has 1 saturated heterocycles. The van der Waals surface area contributed by atoms with E-state index in [0.29, 0.717) is 0 Å². The molecule has 1 fully saturated rings. The molecule has 0 bridgehead atoms. The smallest absolute Gasteiger partial charge is 0.344 e. The molecule has 5 atom stereocenters. The first kappa shape index (κ1) is 21.8. The molecular formula is C21H22O9. The molecule has 2 aromatic carbocycles. The van der Waals surface area contributed by atoms with Gasteiger partial charge >= 0.3 is 5.97 Å². The largest absolute Gasteiger partial charge is 0.508 e. The van der Waals surface area contributed by atoms with E-state index in [0.717, 1.165) is 11.6 Å². The number of carbonyl (C=O) groups excluding carboxylic acids is 1. The second kappa shape index (κ2) is 9.24. The molecule has 9 heteroatoms. The van der Waals surface area contributed by atoms with Crippen LogP contribution >= 0.6 is 0 Å². The number of benzene rings is 2. The molecule has 6 N–H and O–H groups in total. The maximum atomic E-state index is 12.7. The number of carbonyl (C=O) groups is 1. The predicted octanol–water partition coefficient (Wildman–Crippen LogP) is 0.225. The van der Waals surface area contributed by atoms with Crippen LogP contribution in [0.3, 0.4) is 0 Å². The van der Waals surface area contributed by atoms with Gasteiger partial charge in [0.25, 0.3) is 0 Å². The van der Waals surface area contributed by atoms with Crippen molar-refractivity contribution in [1.82, 2.24) is 0 Å². The minimum atomic E-state index is -1.78. The van der Waals surface area contributed by atoms with Gasteiger partial charge in [-0.3, -0.25) is 0 Å². The summed E-state index contributed by atoms with van der Waals surface area (Å²) >= 11 is 0. The Labute approximate surface area is 171 Å². The first-order valence-electron chi connectivity index (χ1n) is 9.12. The van der Waals surface area contributed by atoms with E-state index in [-0.39, 0.29) is 16.9 Å². The van der Waals surface area contributed by atoms with Gasteiger partial charge in [-0.2, -0.15) is 0 Å². The van der Waals surface area contributed by atoms with Gasteiger partial charge in [-0.15, -0.1) is 0 Å². The van der Waals surface area contributed by atoms with Crippen molar-refractivity contribution in [3.63, 3.8) is 0 Å². The monoisotopic (exact) mass is 418 g/mol. The van der Waals surface area contributed by atoms with Gasteiger partial charge in [-0.1, -0.05) is 42.5 Å². The molecule has 2 aromatic rings. The lowest BCUT2D eigenvalue weighted by atomic mass is 9.99. The van der Waals surface area contributed by atoms with Crippen molar-refractivity contribution >= 4 is 18.1 Å². The van der Waals surface area contributed by atoms with Gasteiger partial charge in [-0.25, -0.2) is 4.79 Å². The number of phenolic OH excluding ortho intramolecular Hbond substituents is 2. The van der Waals surface area contributed by atoms with Crippen molar-refractivity contribution in [1.29, 1.82) is 0 Å². The predicted molar refractivity (Wildman–Crippen MR) is 104 cm³/mol. The second-order valence-corrected chi connectivity index (χ2v) is 6.78. The van der Waals surface area contributed by atoms with E-state index in [9.17, 15) is 35.4 Å². The SMILES string of the molecule is O=C(O[C@H]1O[C@@H](CO)[C@@H](O)[C@@H](O)[C@@H]1O)c1c(O)cc(O)cc1C=Cc1ccccc1. The number of hydrogen-bond acceptors (Lipinski definition) is 9. The van der Waals surface area contributed by atoms with Crippen LogP contribution in [0.15, 0.2) is 42.5 Å². The fraction of sp³-hybridized carbons (Fsp3) is 0.286. The molecule has 0 unspecified atom stereocenters. The van der Waals surface area contributed by atoms with Crippen LogP contribution in [-0.4, -0.2) is 73.9 Å². The molecule has 0 amide bonds. The van der Waals surface area contributed by atoms with Crippen molar-refractivity contribution in [2.24, 2.45) is 0 Å². The molecule has 3 rings (SSSR count). The summed E-state index contributed by atoms with van der Waals surface area (Å²) in [4.78, 5) is 12.7. The third kappa shape index (κ3) is 4.61. The molecule has 1 aliphatic heterocycles. The van der Waals surface area contributed by atoms with E-state index >= 15 is 0 Å². The standard InChI is InChI=1S/C21H22O9/c22-10-15-17(25)18(26)19(27)21(29-15)30-20(28)16-12(8-13(23)9-14(16)24)7-6-11-4-2-1-3-5-11/h1-9,15,17-19,21-27H,10H2/t15-,17+,18+,19-,21+/m0/s1. The lowest BCUT2D eigenvalue weighted by Gasteiger charge is -2.39. The molecule has 1 heterocycles. The minimum Gasteiger partial charge on any atom is -0.508 e. The Kier molecular flexibility index (Phi) is 6.70. The zero-order valence-electron chi connectivity index (χ0n) is 15.7.